The Morgan fingerprint density at radius 2 is 2.21 bits per heavy atom. The van der Waals surface area contributed by atoms with Crippen molar-refractivity contribution in [2.45, 2.75) is 45.1 Å². The summed E-state index contributed by atoms with van der Waals surface area (Å²) in [5.41, 5.74) is 0. The maximum absolute atomic E-state index is 3.62. The standard InChI is InChI=1S/C12H24N2/c1-2-12-10-14(8-3-7-13-12)9-6-11-4-5-11/h11-13H,2-10H2,1H3. The lowest BCUT2D eigenvalue weighted by Crippen LogP contribution is -2.37. The second-order valence-corrected chi connectivity index (χ2v) is 4.95. The van der Waals surface area contributed by atoms with Crippen LogP contribution in [0.25, 0.3) is 0 Å². The van der Waals surface area contributed by atoms with Crippen molar-refractivity contribution in [3.05, 3.63) is 0 Å². The first-order chi connectivity index (χ1) is 6.88. The molecule has 0 radical (unpaired) electrons. The van der Waals surface area contributed by atoms with E-state index in [0.29, 0.717) is 0 Å². The van der Waals surface area contributed by atoms with Crippen molar-refractivity contribution < 1.29 is 0 Å². The molecule has 1 atom stereocenters. The zero-order valence-electron chi connectivity index (χ0n) is 9.47. The van der Waals surface area contributed by atoms with Crippen molar-refractivity contribution in [2.75, 3.05) is 26.2 Å². The quantitative estimate of drug-likeness (QED) is 0.738. The highest BCUT2D eigenvalue weighted by molar-refractivity contribution is 4.78. The summed E-state index contributed by atoms with van der Waals surface area (Å²) in [7, 11) is 0. The molecule has 0 aromatic carbocycles. The van der Waals surface area contributed by atoms with E-state index in [1.807, 2.05) is 0 Å². The zero-order valence-corrected chi connectivity index (χ0v) is 9.47. The second-order valence-electron chi connectivity index (χ2n) is 4.95. The Morgan fingerprint density at radius 3 is 2.93 bits per heavy atom. The molecule has 0 spiro atoms. The van der Waals surface area contributed by atoms with Crippen LogP contribution in [0.4, 0.5) is 0 Å². The van der Waals surface area contributed by atoms with Gasteiger partial charge in [0.1, 0.15) is 0 Å². The highest BCUT2D eigenvalue weighted by Crippen LogP contribution is 2.32. The van der Waals surface area contributed by atoms with Gasteiger partial charge in [-0.3, -0.25) is 0 Å². The van der Waals surface area contributed by atoms with Crippen LogP contribution in [-0.4, -0.2) is 37.1 Å². The van der Waals surface area contributed by atoms with Gasteiger partial charge in [0.05, 0.1) is 0 Å². The summed E-state index contributed by atoms with van der Waals surface area (Å²) < 4.78 is 0. The van der Waals surface area contributed by atoms with Crippen molar-refractivity contribution in [2.24, 2.45) is 5.92 Å². The Bertz CT molecular complexity index is 166. The molecule has 0 aromatic heterocycles. The number of hydrogen-bond acceptors (Lipinski definition) is 2. The number of nitrogens with one attached hydrogen (secondary N) is 1. The molecule has 1 saturated carbocycles. The van der Waals surface area contributed by atoms with Gasteiger partial charge in [0.25, 0.3) is 0 Å². The maximum atomic E-state index is 3.62. The lowest BCUT2D eigenvalue weighted by atomic mass is 10.2. The molecule has 2 aliphatic rings. The molecule has 1 unspecified atom stereocenters. The monoisotopic (exact) mass is 196 g/mol. The minimum atomic E-state index is 0.747. The first kappa shape index (κ1) is 10.4. The minimum Gasteiger partial charge on any atom is -0.313 e. The van der Waals surface area contributed by atoms with Crippen molar-refractivity contribution >= 4 is 0 Å². The fourth-order valence-corrected chi connectivity index (χ4v) is 2.32. The molecule has 0 aromatic rings. The van der Waals surface area contributed by atoms with Gasteiger partial charge in [-0.1, -0.05) is 19.8 Å². The Morgan fingerprint density at radius 1 is 1.36 bits per heavy atom. The van der Waals surface area contributed by atoms with E-state index in [9.17, 15) is 0 Å². The zero-order chi connectivity index (χ0) is 9.80. The van der Waals surface area contributed by atoms with Crippen molar-refractivity contribution in [3.8, 4) is 0 Å². The lowest BCUT2D eigenvalue weighted by Gasteiger charge is -2.23. The summed E-state index contributed by atoms with van der Waals surface area (Å²) in [6, 6.07) is 0.747. The Labute approximate surface area is 88.1 Å². The van der Waals surface area contributed by atoms with Crippen molar-refractivity contribution in [1.29, 1.82) is 0 Å². The van der Waals surface area contributed by atoms with Gasteiger partial charge >= 0.3 is 0 Å². The average Bonchev–Trinajstić information content (AvgIpc) is 3.02. The molecule has 82 valence electrons. The van der Waals surface area contributed by atoms with E-state index in [4.69, 9.17) is 0 Å². The molecule has 2 rings (SSSR count). The first-order valence-electron chi connectivity index (χ1n) is 6.34. The molecule has 0 bridgehead atoms. The van der Waals surface area contributed by atoms with Crippen LogP contribution in [0.5, 0.6) is 0 Å². The van der Waals surface area contributed by atoms with E-state index in [-0.39, 0.29) is 0 Å². The Balaban J connectivity index is 1.71. The van der Waals surface area contributed by atoms with Gasteiger partial charge in [-0.2, -0.15) is 0 Å². The third-order valence-electron chi connectivity index (χ3n) is 3.61. The average molecular weight is 196 g/mol. The third-order valence-corrected chi connectivity index (χ3v) is 3.61. The molecule has 1 aliphatic heterocycles. The van der Waals surface area contributed by atoms with E-state index in [1.165, 1.54) is 58.3 Å². The summed E-state index contributed by atoms with van der Waals surface area (Å²) in [4.78, 5) is 2.67. The fraction of sp³-hybridized carbons (Fsp3) is 1.00. The molecule has 2 heteroatoms. The molecule has 1 heterocycles. The molecular weight excluding hydrogens is 172 g/mol. The Kier molecular flexibility index (Phi) is 3.82. The molecular formula is C12H24N2. The molecule has 1 aliphatic carbocycles. The maximum Gasteiger partial charge on any atom is 0.0192 e. The van der Waals surface area contributed by atoms with Crippen LogP contribution in [-0.2, 0) is 0 Å². The van der Waals surface area contributed by atoms with Crippen molar-refractivity contribution in [1.82, 2.24) is 10.2 Å². The number of nitrogens with zero attached hydrogens (tertiary/aromatic N) is 1. The summed E-state index contributed by atoms with van der Waals surface area (Å²) in [6.07, 6.45) is 7.07. The van der Waals surface area contributed by atoms with Crippen LogP contribution in [0.1, 0.15) is 39.0 Å². The van der Waals surface area contributed by atoms with Gasteiger partial charge in [-0.05, 0) is 44.8 Å². The van der Waals surface area contributed by atoms with E-state index >= 15 is 0 Å². The van der Waals surface area contributed by atoms with Gasteiger partial charge in [-0.15, -0.1) is 0 Å². The minimum absolute atomic E-state index is 0.747. The van der Waals surface area contributed by atoms with Gasteiger partial charge in [-0.25, -0.2) is 0 Å². The predicted molar refractivity (Wildman–Crippen MR) is 60.5 cm³/mol. The predicted octanol–water partition coefficient (Wildman–Crippen LogP) is 1.86. The summed E-state index contributed by atoms with van der Waals surface area (Å²) >= 11 is 0. The van der Waals surface area contributed by atoms with E-state index < -0.39 is 0 Å². The van der Waals surface area contributed by atoms with Gasteiger partial charge in [0.15, 0.2) is 0 Å². The Hall–Kier alpha value is -0.0800. The first-order valence-corrected chi connectivity index (χ1v) is 6.34. The SMILES string of the molecule is CCC1CN(CCC2CC2)CCCN1. The summed E-state index contributed by atoms with van der Waals surface area (Å²) in [5.74, 6) is 1.09. The highest BCUT2D eigenvalue weighted by Gasteiger charge is 2.23. The van der Waals surface area contributed by atoms with Crippen LogP contribution >= 0.6 is 0 Å². The van der Waals surface area contributed by atoms with Gasteiger partial charge < -0.3 is 10.2 Å². The normalized spacial score (nSPS) is 30.2. The number of rotatable bonds is 4. The van der Waals surface area contributed by atoms with Crippen LogP contribution in [0.3, 0.4) is 0 Å². The van der Waals surface area contributed by atoms with E-state index in [2.05, 4.69) is 17.1 Å². The molecule has 2 fully saturated rings. The highest BCUT2D eigenvalue weighted by atomic mass is 15.2. The van der Waals surface area contributed by atoms with E-state index in [0.717, 1.165) is 12.0 Å². The lowest BCUT2D eigenvalue weighted by molar-refractivity contribution is 0.257. The summed E-state index contributed by atoms with van der Waals surface area (Å²) in [5, 5.41) is 3.62. The van der Waals surface area contributed by atoms with Crippen LogP contribution in [0, 0.1) is 5.92 Å². The van der Waals surface area contributed by atoms with E-state index in [1.54, 1.807) is 0 Å². The smallest absolute Gasteiger partial charge is 0.0192 e. The summed E-state index contributed by atoms with van der Waals surface area (Å²) in [6.45, 7) is 7.46. The second kappa shape index (κ2) is 5.13. The topological polar surface area (TPSA) is 15.3 Å². The van der Waals surface area contributed by atoms with Gasteiger partial charge in [0, 0.05) is 12.6 Å². The molecule has 14 heavy (non-hydrogen) atoms. The van der Waals surface area contributed by atoms with Crippen LogP contribution in [0.2, 0.25) is 0 Å². The molecule has 0 amide bonds. The molecule has 1 saturated heterocycles. The number of hydrogen-bond donors (Lipinski definition) is 1. The van der Waals surface area contributed by atoms with Gasteiger partial charge in [0.2, 0.25) is 0 Å². The fourth-order valence-electron chi connectivity index (χ4n) is 2.32. The van der Waals surface area contributed by atoms with Crippen LogP contribution in [0.15, 0.2) is 0 Å². The molecule has 2 nitrogen and oxygen atoms in total. The largest absolute Gasteiger partial charge is 0.313 e. The third kappa shape index (κ3) is 3.25. The van der Waals surface area contributed by atoms with Crippen LogP contribution < -0.4 is 5.32 Å². The molecule has 1 N–H and O–H groups in total. The van der Waals surface area contributed by atoms with Crippen molar-refractivity contribution in [3.63, 3.8) is 0 Å².